The van der Waals surface area contributed by atoms with E-state index < -0.39 is 10.0 Å². The first kappa shape index (κ1) is 27.9. The number of ether oxygens (including phenoxy) is 3. The largest absolute Gasteiger partial charge is 0.497 e. The first-order chi connectivity index (χ1) is 18.8. The minimum absolute atomic E-state index is 0.107. The Bertz CT molecular complexity index is 1370. The van der Waals surface area contributed by atoms with Gasteiger partial charge in [0.1, 0.15) is 18.1 Å². The maximum absolute atomic E-state index is 13.8. The molecule has 8 nitrogen and oxygen atoms in total. The van der Waals surface area contributed by atoms with Crippen molar-refractivity contribution in [3.8, 4) is 11.5 Å². The number of rotatable bonds is 10. The lowest BCUT2D eigenvalue weighted by Gasteiger charge is -2.37. The van der Waals surface area contributed by atoms with Crippen LogP contribution in [0.5, 0.6) is 11.5 Å². The van der Waals surface area contributed by atoms with E-state index in [1.807, 2.05) is 11.4 Å². The van der Waals surface area contributed by atoms with E-state index >= 15 is 0 Å². The summed E-state index contributed by atoms with van der Waals surface area (Å²) in [5.41, 5.74) is 1.04. The predicted octanol–water partition coefficient (Wildman–Crippen LogP) is 4.78. The Balaban J connectivity index is 1.38. The van der Waals surface area contributed by atoms with E-state index in [1.165, 1.54) is 28.4 Å². The van der Waals surface area contributed by atoms with Gasteiger partial charge in [-0.15, -0.1) is 11.3 Å². The van der Waals surface area contributed by atoms with Crippen LogP contribution in [0.2, 0.25) is 5.02 Å². The fourth-order valence-corrected chi connectivity index (χ4v) is 7.46. The molecule has 0 unspecified atom stereocenters. The van der Waals surface area contributed by atoms with Crippen LogP contribution < -0.4 is 9.47 Å². The lowest BCUT2D eigenvalue weighted by Crippen LogP contribution is -2.49. The molecule has 0 N–H and O–H groups in total. The molecule has 208 valence electrons. The van der Waals surface area contributed by atoms with Gasteiger partial charge in [0.25, 0.3) is 0 Å². The maximum atomic E-state index is 13.8. The number of halogens is 1. The molecule has 0 aliphatic carbocycles. The summed E-state index contributed by atoms with van der Waals surface area (Å²) in [6.07, 6.45) is 2.08. The van der Waals surface area contributed by atoms with Crippen molar-refractivity contribution in [3.63, 3.8) is 0 Å². The number of methoxy groups -OCH3 is 1. The Hall–Kier alpha value is -2.63. The predicted molar refractivity (Wildman–Crippen MR) is 150 cm³/mol. The average molecular weight is 591 g/mol. The second kappa shape index (κ2) is 12.3. The van der Waals surface area contributed by atoms with Crippen molar-refractivity contribution in [2.75, 3.05) is 40.0 Å². The van der Waals surface area contributed by atoms with Crippen molar-refractivity contribution in [3.05, 3.63) is 75.4 Å². The zero-order valence-electron chi connectivity index (χ0n) is 21.6. The molecule has 2 aliphatic rings. The van der Waals surface area contributed by atoms with Gasteiger partial charge in [-0.3, -0.25) is 4.79 Å². The number of thiophene rings is 1. The summed E-state index contributed by atoms with van der Waals surface area (Å²) in [5.74, 6) is 0.932. The zero-order valence-corrected chi connectivity index (χ0v) is 24.0. The van der Waals surface area contributed by atoms with Crippen LogP contribution in [0.15, 0.2) is 64.9 Å². The number of sulfonamides is 1. The van der Waals surface area contributed by atoms with Gasteiger partial charge in [-0.05, 0) is 84.8 Å². The number of nitrogens with zero attached hydrogens (tertiary/aromatic N) is 2. The summed E-state index contributed by atoms with van der Waals surface area (Å²) in [6, 6.07) is 15.0. The third-order valence-electron chi connectivity index (χ3n) is 7.08. The third kappa shape index (κ3) is 6.41. The molecule has 0 radical (unpaired) electrons. The van der Waals surface area contributed by atoms with E-state index in [0.717, 1.165) is 18.4 Å². The Labute approximate surface area is 238 Å². The molecule has 11 heteroatoms. The number of hydrogen-bond acceptors (Lipinski definition) is 7. The first-order valence-corrected chi connectivity index (χ1v) is 15.5. The lowest BCUT2D eigenvalue weighted by molar-refractivity contribution is -0.135. The second-order valence-corrected chi connectivity index (χ2v) is 12.9. The minimum Gasteiger partial charge on any atom is -0.497 e. The SMILES string of the molecule is COc1ccc(S(=O)(=O)N(CC(=O)N2CCc3sccc3[C@H]2COc2ccc(Cl)cc2)C[C@H]2CCCO2)cc1. The second-order valence-electron chi connectivity index (χ2n) is 9.53. The van der Waals surface area contributed by atoms with E-state index in [1.54, 1.807) is 52.6 Å². The van der Waals surface area contributed by atoms with Crippen LogP contribution in [-0.4, -0.2) is 69.6 Å². The van der Waals surface area contributed by atoms with Gasteiger partial charge in [0.2, 0.25) is 15.9 Å². The molecular formula is C28H31ClN2O6S2. The van der Waals surface area contributed by atoms with E-state index in [-0.39, 0.29) is 42.6 Å². The number of carbonyl (C=O) groups is 1. The van der Waals surface area contributed by atoms with E-state index in [0.29, 0.717) is 36.1 Å². The van der Waals surface area contributed by atoms with E-state index in [9.17, 15) is 13.2 Å². The molecule has 39 heavy (non-hydrogen) atoms. The summed E-state index contributed by atoms with van der Waals surface area (Å²) in [7, 11) is -2.44. The van der Waals surface area contributed by atoms with Gasteiger partial charge in [0, 0.05) is 29.6 Å². The van der Waals surface area contributed by atoms with Gasteiger partial charge in [-0.1, -0.05) is 11.6 Å². The average Bonchev–Trinajstić information content (AvgIpc) is 3.64. The van der Waals surface area contributed by atoms with Gasteiger partial charge in [-0.25, -0.2) is 8.42 Å². The molecule has 1 fully saturated rings. The highest BCUT2D eigenvalue weighted by Crippen LogP contribution is 2.34. The number of carbonyl (C=O) groups excluding carboxylic acids is 1. The number of fused-ring (bicyclic) bond motifs is 1. The van der Waals surface area contributed by atoms with Crippen LogP contribution in [0.4, 0.5) is 0 Å². The molecule has 3 aromatic rings. The zero-order chi connectivity index (χ0) is 27.4. The number of amides is 1. The van der Waals surface area contributed by atoms with Crippen molar-refractivity contribution >= 4 is 38.9 Å². The lowest BCUT2D eigenvalue weighted by atomic mass is 10.0. The molecule has 1 aromatic heterocycles. The van der Waals surface area contributed by atoms with Gasteiger partial charge < -0.3 is 19.1 Å². The standard InChI is InChI=1S/C28H31ClN2O6S2/c1-35-21-8-10-24(11-9-21)39(33,34)30(17-23-3-2-15-36-23)18-28(32)31-14-12-27-25(13-16-38-27)26(31)19-37-22-6-4-20(29)5-7-22/h4-11,13,16,23,26H,2-3,12,14-15,17-19H2,1H3/t23-,26-/m1/s1. The van der Waals surface area contributed by atoms with Gasteiger partial charge >= 0.3 is 0 Å². The van der Waals surface area contributed by atoms with Crippen molar-refractivity contribution in [1.82, 2.24) is 9.21 Å². The number of hydrogen-bond donors (Lipinski definition) is 0. The molecule has 2 aliphatic heterocycles. The fraction of sp³-hybridized carbons (Fsp3) is 0.393. The Morgan fingerprint density at radius 2 is 1.87 bits per heavy atom. The normalized spacial score (nSPS) is 19.2. The highest BCUT2D eigenvalue weighted by atomic mass is 35.5. The molecule has 3 heterocycles. The molecule has 0 bridgehead atoms. The van der Waals surface area contributed by atoms with Crippen LogP contribution in [-0.2, 0) is 26.0 Å². The van der Waals surface area contributed by atoms with Crippen LogP contribution in [0.25, 0.3) is 0 Å². The molecule has 1 saturated heterocycles. The fourth-order valence-electron chi connectivity index (χ4n) is 4.98. The monoisotopic (exact) mass is 590 g/mol. The smallest absolute Gasteiger partial charge is 0.243 e. The van der Waals surface area contributed by atoms with Crippen molar-refractivity contribution in [1.29, 1.82) is 0 Å². The third-order valence-corrected chi connectivity index (χ3v) is 10.2. The molecule has 2 atom stereocenters. The highest BCUT2D eigenvalue weighted by Gasteiger charge is 2.36. The molecule has 1 amide bonds. The topological polar surface area (TPSA) is 85.4 Å². The van der Waals surface area contributed by atoms with Crippen molar-refractivity contribution in [2.24, 2.45) is 0 Å². The van der Waals surface area contributed by atoms with Crippen LogP contribution >= 0.6 is 22.9 Å². The minimum atomic E-state index is -3.97. The van der Waals surface area contributed by atoms with Gasteiger partial charge in [0.15, 0.2) is 0 Å². The summed E-state index contributed by atoms with van der Waals surface area (Å²) in [5, 5.41) is 2.63. The Morgan fingerprint density at radius 3 is 2.56 bits per heavy atom. The summed E-state index contributed by atoms with van der Waals surface area (Å²) in [6.45, 7) is 1.15. The molecule has 0 saturated carbocycles. The van der Waals surface area contributed by atoms with E-state index in [4.69, 9.17) is 25.8 Å². The van der Waals surface area contributed by atoms with E-state index in [2.05, 4.69) is 0 Å². The molecule has 5 rings (SSSR count). The van der Waals surface area contributed by atoms with Gasteiger partial charge in [-0.2, -0.15) is 4.31 Å². The van der Waals surface area contributed by atoms with Crippen LogP contribution in [0.3, 0.4) is 0 Å². The first-order valence-electron chi connectivity index (χ1n) is 12.8. The number of benzene rings is 2. The Kier molecular flexibility index (Phi) is 8.78. The Morgan fingerprint density at radius 1 is 1.13 bits per heavy atom. The van der Waals surface area contributed by atoms with Crippen LogP contribution in [0, 0.1) is 0 Å². The molecular weight excluding hydrogens is 560 g/mol. The highest BCUT2D eigenvalue weighted by molar-refractivity contribution is 7.89. The summed E-state index contributed by atoms with van der Waals surface area (Å²) in [4.78, 5) is 16.9. The van der Waals surface area contributed by atoms with Crippen molar-refractivity contribution < 1.29 is 27.4 Å². The van der Waals surface area contributed by atoms with Gasteiger partial charge in [0.05, 0.1) is 30.7 Å². The summed E-state index contributed by atoms with van der Waals surface area (Å²) >= 11 is 7.67. The molecule has 2 aromatic carbocycles. The van der Waals surface area contributed by atoms with Crippen LogP contribution in [0.1, 0.15) is 29.3 Å². The quantitative estimate of drug-likeness (QED) is 0.338. The maximum Gasteiger partial charge on any atom is 0.243 e. The van der Waals surface area contributed by atoms with Crippen molar-refractivity contribution in [2.45, 2.75) is 36.3 Å². The summed E-state index contributed by atoms with van der Waals surface area (Å²) < 4.78 is 45.7. The molecule has 0 spiro atoms.